The predicted molar refractivity (Wildman–Crippen MR) is 110 cm³/mol. The maximum atomic E-state index is 13.3. The van der Waals surface area contributed by atoms with Crippen molar-refractivity contribution >= 4 is 23.0 Å². The summed E-state index contributed by atoms with van der Waals surface area (Å²) in [5, 5.41) is 18.0. The second-order valence-electron chi connectivity index (χ2n) is 7.13. The van der Waals surface area contributed by atoms with Crippen LogP contribution in [0.1, 0.15) is 35.4 Å². The molecule has 0 spiro atoms. The lowest BCUT2D eigenvalue weighted by Crippen LogP contribution is -2.33. The number of ether oxygens (including phenoxy) is 1. The third-order valence-electron chi connectivity index (χ3n) is 5.33. The summed E-state index contributed by atoms with van der Waals surface area (Å²) in [7, 11) is 0. The summed E-state index contributed by atoms with van der Waals surface area (Å²) in [6.45, 7) is 0. The van der Waals surface area contributed by atoms with Gasteiger partial charge >= 0.3 is 0 Å². The molecule has 2 aliphatic rings. The highest BCUT2D eigenvalue weighted by Gasteiger charge is 2.41. The summed E-state index contributed by atoms with van der Waals surface area (Å²) >= 11 is 5.98. The molecule has 0 unspecified atom stereocenters. The van der Waals surface area contributed by atoms with Crippen LogP contribution in [-0.4, -0.2) is 15.6 Å². The first kappa shape index (κ1) is 18.6. The van der Waals surface area contributed by atoms with Gasteiger partial charge in [0.05, 0.1) is 16.7 Å². The van der Waals surface area contributed by atoms with Crippen LogP contribution in [0.5, 0.6) is 5.75 Å². The average Bonchev–Trinajstić information content (AvgIpc) is 3.19. The second-order valence-corrected chi connectivity index (χ2v) is 7.54. The summed E-state index contributed by atoms with van der Waals surface area (Å²) in [5.41, 5.74) is 3.00. The molecule has 0 radical (unpaired) electrons. The summed E-state index contributed by atoms with van der Waals surface area (Å²) in [4.78, 5) is 10.8. The summed E-state index contributed by atoms with van der Waals surface area (Å²) in [6.07, 6.45) is -0.0446. The topological polar surface area (TPSA) is 68.0 Å². The Bertz CT molecular complexity index is 1180. The Labute approximate surface area is 176 Å². The predicted octanol–water partition coefficient (Wildman–Crippen LogP) is 5.63. The van der Waals surface area contributed by atoms with Crippen molar-refractivity contribution in [1.82, 2.24) is 5.01 Å². The van der Waals surface area contributed by atoms with Gasteiger partial charge in [0.15, 0.2) is 0 Å². The molecule has 150 valence electrons. The largest absolute Gasteiger partial charge is 0.464 e. The average molecular weight is 424 g/mol. The smallest absolute Gasteiger partial charge is 0.288 e. The first-order chi connectivity index (χ1) is 14.5. The van der Waals surface area contributed by atoms with Gasteiger partial charge < -0.3 is 4.74 Å². The highest BCUT2D eigenvalue weighted by Crippen LogP contribution is 2.48. The molecular formula is C22H15ClFN3O3. The molecule has 0 aliphatic carbocycles. The molecule has 0 saturated carbocycles. The SMILES string of the molecule is O=[N+]([O-])c1cc([C@@H]2Oc3ccccc3[C@@H]3CC(c4ccc(F)cc4)=NN32)ccc1Cl. The van der Waals surface area contributed by atoms with E-state index in [1.807, 2.05) is 29.3 Å². The van der Waals surface area contributed by atoms with Gasteiger partial charge in [-0.05, 0) is 29.8 Å². The number of nitro groups is 1. The van der Waals surface area contributed by atoms with E-state index in [-0.39, 0.29) is 22.6 Å². The fourth-order valence-electron chi connectivity index (χ4n) is 3.89. The Balaban J connectivity index is 1.60. The monoisotopic (exact) mass is 423 g/mol. The molecule has 0 amide bonds. The molecule has 3 aromatic rings. The van der Waals surface area contributed by atoms with Crippen molar-refractivity contribution in [3.05, 3.63) is 104 Å². The lowest BCUT2D eigenvalue weighted by Gasteiger charge is -2.38. The van der Waals surface area contributed by atoms with E-state index in [9.17, 15) is 14.5 Å². The van der Waals surface area contributed by atoms with E-state index in [1.54, 1.807) is 18.2 Å². The minimum Gasteiger partial charge on any atom is -0.464 e. The van der Waals surface area contributed by atoms with Crippen LogP contribution in [0.2, 0.25) is 5.02 Å². The highest BCUT2D eigenvalue weighted by molar-refractivity contribution is 6.32. The van der Waals surface area contributed by atoms with Crippen molar-refractivity contribution in [1.29, 1.82) is 0 Å². The van der Waals surface area contributed by atoms with Crippen LogP contribution in [0.15, 0.2) is 71.8 Å². The molecule has 0 N–H and O–H groups in total. The molecule has 2 aliphatic heterocycles. The van der Waals surface area contributed by atoms with Gasteiger partial charge in [0.25, 0.3) is 5.69 Å². The van der Waals surface area contributed by atoms with Crippen molar-refractivity contribution in [3.8, 4) is 5.75 Å². The van der Waals surface area contributed by atoms with Gasteiger partial charge in [0.1, 0.15) is 16.6 Å². The van der Waals surface area contributed by atoms with Crippen molar-refractivity contribution in [3.63, 3.8) is 0 Å². The van der Waals surface area contributed by atoms with Crippen LogP contribution in [0.3, 0.4) is 0 Å². The van der Waals surface area contributed by atoms with Gasteiger partial charge in [-0.1, -0.05) is 48.0 Å². The fourth-order valence-corrected chi connectivity index (χ4v) is 4.08. The quantitative estimate of drug-likeness (QED) is 0.404. The van der Waals surface area contributed by atoms with Gasteiger partial charge in [0, 0.05) is 23.6 Å². The zero-order valence-electron chi connectivity index (χ0n) is 15.5. The second kappa shape index (κ2) is 7.11. The zero-order chi connectivity index (χ0) is 20.8. The third kappa shape index (κ3) is 3.07. The summed E-state index contributed by atoms with van der Waals surface area (Å²) in [5.74, 6) is 0.395. The molecule has 5 rings (SSSR count). The number of para-hydroxylation sites is 1. The number of benzene rings is 3. The maximum absolute atomic E-state index is 13.3. The van der Waals surface area contributed by atoms with Crippen molar-refractivity contribution < 1.29 is 14.1 Å². The summed E-state index contributed by atoms with van der Waals surface area (Å²) in [6, 6.07) is 18.4. The highest BCUT2D eigenvalue weighted by atomic mass is 35.5. The third-order valence-corrected chi connectivity index (χ3v) is 5.65. The molecule has 30 heavy (non-hydrogen) atoms. The van der Waals surface area contributed by atoms with E-state index in [4.69, 9.17) is 21.4 Å². The first-order valence-electron chi connectivity index (χ1n) is 9.32. The Morgan fingerprint density at radius 2 is 1.90 bits per heavy atom. The normalized spacial score (nSPS) is 19.5. The van der Waals surface area contributed by atoms with E-state index >= 15 is 0 Å². The number of rotatable bonds is 3. The van der Waals surface area contributed by atoms with E-state index < -0.39 is 11.2 Å². The Hall–Kier alpha value is -3.45. The minimum absolute atomic E-state index is 0.0634. The fraction of sp³-hybridized carbons (Fsp3) is 0.136. The Morgan fingerprint density at radius 3 is 2.67 bits per heavy atom. The molecule has 2 heterocycles. The molecule has 6 nitrogen and oxygen atoms in total. The molecule has 2 atom stereocenters. The van der Waals surface area contributed by atoms with Gasteiger partial charge in [-0.2, -0.15) is 5.10 Å². The van der Waals surface area contributed by atoms with Crippen LogP contribution >= 0.6 is 11.6 Å². The van der Waals surface area contributed by atoms with Gasteiger partial charge in [0.2, 0.25) is 6.23 Å². The molecular weight excluding hydrogens is 409 g/mol. The van der Waals surface area contributed by atoms with Crippen LogP contribution in [0.4, 0.5) is 10.1 Å². The van der Waals surface area contributed by atoms with Gasteiger partial charge in [-0.25, -0.2) is 9.40 Å². The maximum Gasteiger partial charge on any atom is 0.288 e. The van der Waals surface area contributed by atoms with E-state index in [2.05, 4.69) is 0 Å². The zero-order valence-corrected chi connectivity index (χ0v) is 16.3. The molecule has 0 bridgehead atoms. The Morgan fingerprint density at radius 1 is 1.13 bits per heavy atom. The number of hydrogen-bond donors (Lipinski definition) is 0. The number of halogens is 2. The number of nitrogens with zero attached hydrogens (tertiary/aromatic N) is 3. The molecule has 0 saturated heterocycles. The number of hydrazone groups is 1. The Kier molecular flexibility index (Phi) is 4.40. The van der Waals surface area contributed by atoms with Crippen LogP contribution in [-0.2, 0) is 0 Å². The van der Waals surface area contributed by atoms with E-state index in [0.29, 0.717) is 17.7 Å². The number of fused-ring (bicyclic) bond motifs is 3. The number of nitro benzene ring substituents is 1. The molecule has 3 aromatic carbocycles. The van der Waals surface area contributed by atoms with Crippen LogP contribution in [0, 0.1) is 15.9 Å². The van der Waals surface area contributed by atoms with E-state index in [1.165, 1.54) is 24.3 Å². The number of hydrogen-bond acceptors (Lipinski definition) is 5. The molecule has 0 aromatic heterocycles. The van der Waals surface area contributed by atoms with E-state index in [0.717, 1.165) is 16.8 Å². The molecule has 8 heteroatoms. The van der Waals surface area contributed by atoms with Crippen LogP contribution < -0.4 is 4.74 Å². The lowest BCUT2D eigenvalue weighted by molar-refractivity contribution is -0.384. The van der Waals surface area contributed by atoms with Crippen molar-refractivity contribution in [2.75, 3.05) is 0 Å². The summed E-state index contributed by atoms with van der Waals surface area (Å²) < 4.78 is 19.6. The van der Waals surface area contributed by atoms with Crippen molar-refractivity contribution in [2.45, 2.75) is 18.7 Å². The van der Waals surface area contributed by atoms with Crippen LogP contribution in [0.25, 0.3) is 0 Å². The molecule has 0 fully saturated rings. The van der Waals surface area contributed by atoms with Gasteiger partial charge in [-0.3, -0.25) is 10.1 Å². The van der Waals surface area contributed by atoms with Crippen molar-refractivity contribution in [2.24, 2.45) is 5.10 Å². The minimum atomic E-state index is -0.654. The lowest BCUT2D eigenvalue weighted by atomic mass is 9.96. The van der Waals surface area contributed by atoms with Gasteiger partial charge in [-0.15, -0.1) is 0 Å². The standard InChI is InChI=1S/C22H15ClFN3O3/c23-17-10-7-14(11-20(17)27(28)29)22-26-19(16-3-1-2-4-21(16)30-22)12-18(25-26)13-5-8-15(24)9-6-13/h1-11,19,22H,12H2/t19-,22-/m0/s1. The first-order valence-corrected chi connectivity index (χ1v) is 9.70.